The van der Waals surface area contributed by atoms with Crippen molar-refractivity contribution in [3.05, 3.63) is 28.3 Å². The molecule has 1 saturated heterocycles. The number of methoxy groups -OCH3 is 1. The Bertz CT molecular complexity index is 359. The lowest BCUT2D eigenvalue weighted by Crippen LogP contribution is -2.02. The Hall–Kier alpha value is -0.770. The molecule has 1 aromatic carbocycles. The Balaban J connectivity index is 2.39. The van der Waals surface area contributed by atoms with Crippen molar-refractivity contribution in [2.24, 2.45) is 0 Å². The highest BCUT2D eigenvalue weighted by molar-refractivity contribution is 6.31. The Kier molecular flexibility index (Phi) is 3.14. The van der Waals surface area contributed by atoms with Crippen LogP contribution < -0.4 is 4.74 Å². The van der Waals surface area contributed by atoms with Gasteiger partial charge in [-0.15, -0.1) is 0 Å². The summed E-state index contributed by atoms with van der Waals surface area (Å²) >= 11 is 6.05. The summed E-state index contributed by atoms with van der Waals surface area (Å²) in [5, 5.41) is 0.699. The number of benzene rings is 1. The van der Waals surface area contributed by atoms with Crippen LogP contribution in [-0.4, -0.2) is 20.3 Å². The third-order valence-electron chi connectivity index (χ3n) is 2.39. The molecule has 3 nitrogen and oxygen atoms in total. The fourth-order valence-electron chi connectivity index (χ4n) is 1.57. The lowest BCUT2D eigenvalue weighted by Gasteiger charge is -2.15. The first kappa shape index (κ1) is 10.7. The van der Waals surface area contributed by atoms with Crippen LogP contribution in [-0.2, 0) is 9.47 Å². The van der Waals surface area contributed by atoms with Gasteiger partial charge in [-0.05, 0) is 24.6 Å². The molecule has 0 atom stereocenters. The van der Waals surface area contributed by atoms with Gasteiger partial charge in [-0.1, -0.05) is 11.6 Å². The monoisotopic (exact) mass is 228 g/mol. The summed E-state index contributed by atoms with van der Waals surface area (Å²) in [6, 6.07) is 3.73. The van der Waals surface area contributed by atoms with Gasteiger partial charge >= 0.3 is 0 Å². The minimum atomic E-state index is -0.349. The third kappa shape index (κ3) is 2.09. The molecule has 0 aliphatic carbocycles. The Morgan fingerprint density at radius 1 is 1.33 bits per heavy atom. The zero-order valence-corrected chi connectivity index (χ0v) is 9.50. The number of ether oxygens (including phenoxy) is 3. The minimum absolute atomic E-state index is 0.349. The largest absolute Gasteiger partial charge is 0.496 e. The van der Waals surface area contributed by atoms with Gasteiger partial charge in [0.15, 0.2) is 6.29 Å². The average molecular weight is 229 g/mol. The molecule has 0 saturated carbocycles. The summed E-state index contributed by atoms with van der Waals surface area (Å²) in [4.78, 5) is 0. The molecule has 1 aliphatic heterocycles. The summed E-state index contributed by atoms with van der Waals surface area (Å²) < 4.78 is 16.1. The smallest absolute Gasteiger partial charge is 0.187 e. The van der Waals surface area contributed by atoms with Gasteiger partial charge in [0.1, 0.15) is 5.75 Å². The second kappa shape index (κ2) is 4.39. The van der Waals surface area contributed by atoms with Gasteiger partial charge < -0.3 is 14.2 Å². The fourth-order valence-corrected chi connectivity index (χ4v) is 1.74. The number of hydrogen-bond donors (Lipinski definition) is 0. The van der Waals surface area contributed by atoms with Crippen LogP contribution in [0.1, 0.15) is 17.4 Å². The number of halogens is 1. The van der Waals surface area contributed by atoms with Crippen LogP contribution in [0.25, 0.3) is 0 Å². The molecule has 15 heavy (non-hydrogen) atoms. The molecular formula is C11H13ClO3. The highest BCUT2D eigenvalue weighted by Crippen LogP contribution is 2.34. The molecule has 82 valence electrons. The van der Waals surface area contributed by atoms with E-state index in [1.54, 1.807) is 7.11 Å². The van der Waals surface area contributed by atoms with Crippen LogP contribution in [0.5, 0.6) is 5.75 Å². The van der Waals surface area contributed by atoms with Gasteiger partial charge in [-0.3, -0.25) is 0 Å². The van der Waals surface area contributed by atoms with E-state index in [1.165, 1.54) is 0 Å². The van der Waals surface area contributed by atoms with E-state index < -0.39 is 0 Å². The standard InChI is InChI=1S/C11H13ClO3/c1-7-5-10(13-2)8(6-9(7)12)11-14-3-4-15-11/h5-6,11H,3-4H2,1-2H3. The SMILES string of the molecule is COc1cc(C)c(Cl)cc1C1OCCO1. The van der Waals surface area contributed by atoms with Crippen molar-refractivity contribution in [1.82, 2.24) is 0 Å². The molecule has 1 fully saturated rings. The van der Waals surface area contributed by atoms with Crippen LogP contribution in [0.2, 0.25) is 5.02 Å². The molecule has 0 unspecified atom stereocenters. The average Bonchev–Trinajstić information content (AvgIpc) is 2.74. The summed E-state index contributed by atoms with van der Waals surface area (Å²) in [6.45, 7) is 3.16. The summed E-state index contributed by atoms with van der Waals surface area (Å²) in [7, 11) is 1.63. The van der Waals surface area contributed by atoms with Crippen molar-refractivity contribution in [3.8, 4) is 5.75 Å². The minimum Gasteiger partial charge on any atom is -0.496 e. The van der Waals surface area contributed by atoms with E-state index in [2.05, 4.69) is 0 Å². The normalized spacial score (nSPS) is 17.0. The van der Waals surface area contributed by atoms with Crippen LogP contribution in [0, 0.1) is 6.92 Å². The van der Waals surface area contributed by atoms with Crippen LogP contribution in [0.3, 0.4) is 0 Å². The van der Waals surface area contributed by atoms with E-state index in [0.717, 1.165) is 16.9 Å². The number of rotatable bonds is 2. The molecule has 2 rings (SSSR count). The van der Waals surface area contributed by atoms with E-state index >= 15 is 0 Å². The van der Waals surface area contributed by atoms with E-state index in [4.69, 9.17) is 25.8 Å². The maximum Gasteiger partial charge on any atom is 0.187 e. The van der Waals surface area contributed by atoms with Gasteiger partial charge in [0.25, 0.3) is 0 Å². The maximum atomic E-state index is 6.05. The molecule has 1 aromatic rings. The zero-order valence-electron chi connectivity index (χ0n) is 8.75. The van der Waals surface area contributed by atoms with E-state index in [1.807, 2.05) is 19.1 Å². The van der Waals surface area contributed by atoms with Gasteiger partial charge in [0.05, 0.1) is 25.9 Å². The van der Waals surface area contributed by atoms with Crippen LogP contribution in [0.15, 0.2) is 12.1 Å². The first-order valence-electron chi connectivity index (χ1n) is 4.79. The molecule has 0 bridgehead atoms. The Morgan fingerprint density at radius 2 is 2.00 bits per heavy atom. The lowest BCUT2D eigenvalue weighted by atomic mass is 10.1. The quantitative estimate of drug-likeness (QED) is 0.779. The first-order valence-corrected chi connectivity index (χ1v) is 5.17. The summed E-state index contributed by atoms with van der Waals surface area (Å²) in [5.74, 6) is 0.754. The van der Waals surface area contributed by atoms with Crippen LogP contribution >= 0.6 is 11.6 Å². The second-order valence-corrected chi connectivity index (χ2v) is 3.82. The molecule has 0 spiro atoms. The van der Waals surface area contributed by atoms with Crippen molar-refractivity contribution in [2.45, 2.75) is 13.2 Å². The van der Waals surface area contributed by atoms with E-state index in [-0.39, 0.29) is 6.29 Å². The van der Waals surface area contributed by atoms with Crippen molar-refractivity contribution >= 4 is 11.6 Å². The maximum absolute atomic E-state index is 6.05. The summed E-state index contributed by atoms with van der Waals surface area (Å²) in [6.07, 6.45) is -0.349. The van der Waals surface area contributed by atoms with Crippen molar-refractivity contribution < 1.29 is 14.2 Å². The highest BCUT2D eigenvalue weighted by atomic mass is 35.5. The molecule has 0 amide bonds. The second-order valence-electron chi connectivity index (χ2n) is 3.42. The van der Waals surface area contributed by atoms with Crippen molar-refractivity contribution in [3.63, 3.8) is 0 Å². The van der Waals surface area contributed by atoms with E-state index in [9.17, 15) is 0 Å². The van der Waals surface area contributed by atoms with Crippen LogP contribution in [0.4, 0.5) is 0 Å². The molecule has 0 N–H and O–H groups in total. The fraction of sp³-hybridized carbons (Fsp3) is 0.455. The molecule has 1 heterocycles. The molecule has 0 radical (unpaired) electrons. The zero-order chi connectivity index (χ0) is 10.8. The molecule has 1 aliphatic rings. The topological polar surface area (TPSA) is 27.7 Å². The Labute approximate surface area is 93.9 Å². The Morgan fingerprint density at radius 3 is 2.60 bits per heavy atom. The van der Waals surface area contributed by atoms with E-state index in [0.29, 0.717) is 18.2 Å². The molecule has 4 heteroatoms. The highest BCUT2D eigenvalue weighted by Gasteiger charge is 2.22. The first-order chi connectivity index (χ1) is 7.22. The van der Waals surface area contributed by atoms with Crippen molar-refractivity contribution in [1.29, 1.82) is 0 Å². The molecule has 0 aromatic heterocycles. The predicted octanol–water partition coefficient (Wildman–Crippen LogP) is 2.70. The number of hydrogen-bond acceptors (Lipinski definition) is 3. The third-order valence-corrected chi connectivity index (χ3v) is 2.79. The van der Waals surface area contributed by atoms with Gasteiger partial charge in [-0.25, -0.2) is 0 Å². The van der Waals surface area contributed by atoms with Gasteiger partial charge in [-0.2, -0.15) is 0 Å². The van der Waals surface area contributed by atoms with Gasteiger partial charge in [0.2, 0.25) is 0 Å². The summed E-state index contributed by atoms with van der Waals surface area (Å²) in [5.41, 5.74) is 1.83. The predicted molar refractivity (Wildman–Crippen MR) is 57.4 cm³/mol. The molecular weight excluding hydrogens is 216 g/mol. The van der Waals surface area contributed by atoms with Gasteiger partial charge in [0, 0.05) is 5.02 Å². The van der Waals surface area contributed by atoms with Crippen molar-refractivity contribution in [2.75, 3.05) is 20.3 Å². The number of aryl methyl sites for hydroxylation is 1. The lowest BCUT2D eigenvalue weighted by molar-refractivity contribution is -0.0454.